The molecule has 0 unspecified atom stereocenters. The molecule has 0 aromatic carbocycles. The lowest BCUT2D eigenvalue weighted by molar-refractivity contribution is 1.09. The lowest BCUT2D eigenvalue weighted by Crippen LogP contribution is -1.87. The maximum absolute atomic E-state index is 4.39. The zero-order chi connectivity index (χ0) is 8.81. The van der Waals surface area contributed by atoms with Gasteiger partial charge in [0.05, 0.1) is 5.69 Å². The summed E-state index contributed by atoms with van der Waals surface area (Å²) >= 11 is 3.63. The van der Waals surface area contributed by atoms with Gasteiger partial charge in [0.2, 0.25) is 0 Å². The van der Waals surface area contributed by atoms with Gasteiger partial charge in [-0.25, -0.2) is 0 Å². The fourth-order valence-corrected chi connectivity index (χ4v) is 2.30. The van der Waals surface area contributed by atoms with Gasteiger partial charge in [-0.15, -0.1) is 0 Å². The minimum absolute atomic E-state index is 1.12. The molecule has 1 aromatic heterocycles. The van der Waals surface area contributed by atoms with Crippen molar-refractivity contribution in [3.05, 3.63) is 16.6 Å². The van der Waals surface area contributed by atoms with E-state index in [0.29, 0.717) is 0 Å². The summed E-state index contributed by atoms with van der Waals surface area (Å²) in [4.78, 5) is 1.41. The molecule has 0 aliphatic heterocycles. The topological polar surface area (TPSA) is 12.9 Å². The van der Waals surface area contributed by atoms with Gasteiger partial charge in [0.25, 0.3) is 0 Å². The van der Waals surface area contributed by atoms with E-state index in [1.807, 2.05) is 11.8 Å². The van der Waals surface area contributed by atoms with Gasteiger partial charge in [-0.1, -0.05) is 13.8 Å². The third-order valence-electron chi connectivity index (χ3n) is 1.66. The quantitative estimate of drug-likeness (QED) is 0.679. The lowest BCUT2D eigenvalue weighted by atomic mass is 10.3. The van der Waals surface area contributed by atoms with E-state index in [9.17, 15) is 0 Å². The maximum Gasteiger partial charge on any atom is 0.0553 e. The van der Waals surface area contributed by atoms with Crippen LogP contribution in [0.3, 0.4) is 0 Å². The summed E-state index contributed by atoms with van der Waals surface area (Å²) in [5.74, 6) is 2.42. The van der Waals surface area contributed by atoms with Crippen LogP contribution >= 0.6 is 23.3 Å². The fraction of sp³-hybridized carbons (Fsp3) is 0.667. The summed E-state index contributed by atoms with van der Waals surface area (Å²) in [5, 5.41) is 0. The lowest BCUT2D eigenvalue weighted by Gasteiger charge is -1.93. The van der Waals surface area contributed by atoms with Crippen molar-refractivity contribution >= 4 is 23.3 Å². The van der Waals surface area contributed by atoms with Crippen LogP contribution < -0.4 is 0 Å². The Hall–Kier alpha value is -0.0200. The molecular weight excluding hydrogens is 186 g/mol. The second kappa shape index (κ2) is 5.60. The molecular formula is C9H15NS2. The molecule has 1 heterocycles. The minimum atomic E-state index is 1.12. The molecule has 0 saturated heterocycles. The van der Waals surface area contributed by atoms with Crippen molar-refractivity contribution in [1.29, 1.82) is 0 Å². The van der Waals surface area contributed by atoms with E-state index in [1.54, 1.807) is 11.5 Å². The molecule has 12 heavy (non-hydrogen) atoms. The van der Waals surface area contributed by atoms with Crippen LogP contribution in [0.15, 0.2) is 6.07 Å². The Kier molecular flexibility index (Phi) is 4.69. The Bertz CT molecular complexity index is 220. The Balaban J connectivity index is 2.31. The number of aryl methyl sites for hydroxylation is 2. The smallest absolute Gasteiger partial charge is 0.0553 e. The molecule has 1 nitrogen and oxygen atoms in total. The summed E-state index contributed by atoms with van der Waals surface area (Å²) in [6.07, 6.45) is 2.26. The van der Waals surface area contributed by atoms with Gasteiger partial charge >= 0.3 is 0 Å². The zero-order valence-electron chi connectivity index (χ0n) is 7.67. The van der Waals surface area contributed by atoms with Crippen molar-refractivity contribution in [2.75, 3.05) is 11.5 Å². The first-order chi connectivity index (χ1) is 5.86. The number of thioether (sulfide) groups is 1. The third-order valence-corrected chi connectivity index (χ3v) is 3.53. The normalized spacial score (nSPS) is 10.5. The van der Waals surface area contributed by atoms with E-state index in [-0.39, 0.29) is 0 Å². The maximum atomic E-state index is 4.39. The summed E-state index contributed by atoms with van der Waals surface area (Å²) < 4.78 is 4.39. The van der Waals surface area contributed by atoms with E-state index in [0.717, 1.165) is 12.8 Å². The number of rotatable bonds is 5. The molecule has 0 spiro atoms. The van der Waals surface area contributed by atoms with Gasteiger partial charge in [-0.05, 0) is 41.9 Å². The average molecular weight is 201 g/mol. The fourth-order valence-electron chi connectivity index (χ4n) is 0.961. The molecule has 3 heteroatoms. The standard InChI is InChI=1S/C9H15NS2/c1-3-9-7-8(10-12-9)5-6-11-4-2/h7H,3-6H2,1-2H3. The summed E-state index contributed by atoms with van der Waals surface area (Å²) in [6, 6.07) is 2.24. The summed E-state index contributed by atoms with van der Waals surface area (Å²) in [5.41, 5.74) is 1.28. The van der Waals surface area contributed by atoms with Crippen molar-refractivity contribution in [3.63, 3.8) is 0 Å². The molecule has 0 aliphatic carbocycles. The van der Waals surface area contributed by atoms with E-state index in [2.05, 4.69) is 24.3 Å². The molecule has 1 rings (SSSR count). The van der Waals surface area contributed by atoms with Crippen LogP contribution in [0.2, 0.25) is 0 Å². The van der Waals surface area contributed by atoms with E-state index in [4.69, 9.17) is 0 Å². The molecule has 1 aromatic rings. The van der Waals surface area contributed by atoms with Crippen LogP contribution in [-0.2, 0) is 12.8 Å². The Labute approximate surface area is 82.7 Å². The molecule has 0 N–H and O–H groups in total. The highest BCUT2D eigenvalue weighted by atomic mass is 32.2. The number of hydrogen-bond acceptors (Lipinski definition) is 3. The van der Waals surface area contributed by atoms with Crippen LogP contribution in [0.1, 0.15) is 24.4 Å². The van der Waals surface area contributed by atoms with Crippen molar-refractivity contribution in [2.24, 2.45) is 0 Å². The zero-order valence-corrected chi connectivity index (χ0v) is 9.30. The van der Waals surface area contributed by atoms with Crippen LogP contribution in [0, 0.1) is 0 Å². The van der Waals surface area contributed by atoms with Crippen molar-refractivity contribution in [2.45, 2.75) is 26.7 Å². The molecule has 0 atom stereocenters. The third kappa shape index (κ3) is 3.15. The van der Waals surface area contributed by atoms with Crippen LogP contribution in [0.5, 0.6) is 0 Å². The SMILES string of the molecule is CCSCCc1cc(CC)sn1. The first-order valence-corrected chi connectivity index (χ1v) is 6.31. The molecule has 68 valence electrons. The first-order valence-electron chi connectivity index (χ1n) is 4.39. The average Bonchev–Trinajstić information content (AvgIpc) is 2.53. The van der Waals surface area contributed by atoms with Gasteiger partial charge in [0, 0.05) is 4.88 Å². The van der Waals surface area contributed by atoms with E-state index in [1.165, 1.54) is 22.1 Å². The monoisotopic (exact) mass is 201 g/mol. The van der Waals surface area contributed by atoms with Crippen molar-refractivity contribution in [3.8, 4) is 0 Å². The molecule has 0 amide bonds. The number of aromatic nitrogens is 1. The number of hydrogen-bond donors (Lipinski definition) is 0. The highest BCUT2D eigenvalue weighted by Crippen LogP contribution is 2.12. The van der Waals surface area contributed by atoms with Gasteiger partial charge < -0.3 is 0 Å². The Morgan fingerprint density at radius 1 is 1.50 bits per heavy atom. The van der Waals surface area contributed by atoms with Gasteiger partial charge in [-0.3, -0.25) is 0 Å². The number of nitrogens with zero attached hydrogens (tertiary/aromatic N) is 1. The second-order valence-electron chi connectivity index (χ2n) is 2.59. The van der Waals surface area contributed by atoms with Crippen molar-refractivity contribution < 1.29 is 0 Å². The van der Waals surface area contributed by atoms with Crippen LogP contribution in [0.25, 0.3) is 0 Å². The molecule has 0 saturated carbocycles. The van der Waals surface area contributed by atoms with Gasteiger partial charge in [0.15, 0.2) is 0 Å². The highest BCUT2D eigenvalue weighted by Gasteiger charge is 1.99. The van der Waals surface area contributed by atoms with Crippen LogP contribution in [0.4, 0.5) is 0 Å². The predicted molar refractivity (Wildman–Crippen MR) is 58.2 cm³/mol. The van der Waals surface area contributed by atoms with Gasteiger partial charge in [-0.2, -0.15) is 16.1 Å². The Morgan fingerprint density at radius 2 is 2.33 bits per heavy atom. The van der Waals surface area contributed by atoms with E-state index < -0.39 is 0 Å². The van der Waals surface area contributed by atoms with Crippen molar-refractivity contribution in [1.82, 2.24) is 4.37 Å². The first kappa shape index (κ1) is 10.1. The molecule has 0 bridgehead atoms. The summed E-state index contributed by atoms with van der Waals surface area (Å²) in [7, 11) is 0. The highest BCUT2D eigenvalue weighted by molar-refractivity contribution is 7.99. The second-order valence-corrected chi connectivity index (χ2v) is 4.87. The van der Waals surface area contributed by atoms with Gasteiger partial charge in [0.1, 0.15) is 0 Å². The van der Waals surface area contributed by atoms with Crippen LogP contribution in [-0.4, -0.2) is 15.9 Å². The predicted octanol–water partition coefficient (Wildman–Crippen LogP) is 3.00. The van der Waals surface area contributed by atoms with E-state index >= 15 is 0 Å². The largest absolute Gasteiger partial charge is 0.197 e. The molecule has 0 radical (unpaired) electrons. The Morgan fingerprint density at radius 3 is 2.92 bits per heavy atom. The summed E-state index contributed by atoms with van der Waals surface area (Å²) in [6.45, 7) is 4.38. The molecule has 0 fully saturated rings. The molecule has 0 aliphatic rings. The minimum Gasteiger partial charge on any atom is -0.197 e.